The number of nitro benzene ring substituents is 1. The molecule has 3 aromatic rings. The first-order valence-electron chi connectivity index (χ1n) is 5.41. The van der Waals surface area contributed by atoms with Gasteiger partial charge in [0, 0.05) is 24.6 Å². The van der Waals surface area contributed by atoms with Crippen molar-refractivity contribution < 1.29 is 9.34 Å². The highest BCUT2D eigenvalue weighted by Gasteiger charge is 2.19. The van der Waals surface area contributed by atoms with E-state index in [9.17, 15) is 10.1 Å². The molecule has 0 spiro atoms. The average molecular weight is 322 g/mol. The van der Waals surface area contributed by atoms with Gasteiger partial charge in [-0.1, -0.05) is 0 Å². The minimum atomic E-state index is -0.416. The number of aryl methyl sites for hydroxylation is 1. The fourth-order valence-corrected chi connectivity index (χ4v) is 2.62. The smallest absolute Gasteiger partial charge is 0.270 e. The first-order valence-corrected chi connectivity index (χ1v) is 6.20. The van der Waals surface area contributed by atoms with Crippen LogP contribution in [0.2, 0.25) is 0 Å². The lowest BCUT2D eigenvalue weighted by atomic mass is 10.1. The van der Waals surface area contributed by atoms with Gasteiger partial charge in [0.05, 0.1) is 33.1 Å². The molecular formula is C12H8BrN3O3. The van der Waals surface area contributed by atoms with Crippen LogP contribution in [0, 0.1) is 10.1 Å². The van der Waals surface area contributed by atoms with Crippen molar-refractivity contribution >= 4 is 32.6 Å². The van der Waals surface area contributed by atoms with Gasteiger partial charge >= 0.3 is 0 Å². The minimum absolute atomic E-state index is 0.0250. The van der Waals surface area contributed by atoms with Crippen LogP contribution in [0.15, 0.2) is 39.5 Å². The highest BCUT2D eigenvalue weighted by molar-refractivity contribution is 9.10. The molecule has 0 saturated carbocycles. The SMILES string of the molecule is Cn1ncc(Br)c1-c1cc([N+](=O)[O-])cc2ccoc12. The number of rotatable bonds is 2. The number of furan rings is 1. The molecule has 0 atom stereocenters. The molecule has 0 radical (unpaired) electrons. The van der Waals surface area contributed by atoms with Gasteiger partial charge in [-0.05, 0) is 22.0 Å². The summed E-state index contributed by atoms with van der Waals surface area (Å²) in [4.78, 5) is 10.6. The lowest BCUT2D eigenvalue weighted by Gasteiger charge is -2.04. The van der Waals surface area contributed by atoms with Gasteiger partial charge in [-0.25, -0.2) is 0 Å². The predicted octanol–water partition coefficient (Wildman–Crippen LogP) is 3.50. The standard InChI is InChI=1S/C12H8BrN3O3/c1-15-11(10(13)6-14-15)9-5-8(16(17)18)4-7-2-3-19-12(7)9/h2-6H,1H3. The lowest BCUT2D eigenvalue weighted by Crippen LogP contribution is -1.95. The Kier molecular flexibility index (Phi) is 2.63. The van der Waals surface area contributed by atoms with Gasteiger partial charge in [-0.2, -0.15) is 5.10 Å². The average Bonchev–Trinajstić information content (AvgIpc) is 2.95. The third-order valence-electron chi connectivity index (χ3n) is 2.90. The van der Waals surface area contributed by atoms with Crippen LogP contribution in [0.4, 0.5) is 5.69 Å². The van der Waals surface area contributed by atoms with Crippen molar-refractivity contribution in [1.29, 1.82) is 0 Å². The largest absolute Gasteiger partial charge is 0.464 e. The zero-order valence-electron chi connectivity index (χ0n) is 9.83. The number of hydrogen-bond donors (Lipinski definition) is 0. The van der Waals surface area contributed by atoms with Crippen LogP contribution in [0.1, 0.15) is 0 Å². The highest BCUT2D eigenvalue weighted by atomic mass is 79.9. The van der Waals surface area contributed by atoms with Crippen molar-refractivity contribution in [3.63, 3.8) is 0 Å². The van der Waals surface area contributed by atoms with E-state index in [0.29, 0.717) is 16.5 Å². The van der Waals surface area contributed by atoms with Crippen molar-refractivity contribution in [2.75, 3.05) is 0 Å². The van der Waals surface area contributed by atoms with Gasteiger partial charge < -0.3 is 4.42 Å². The Morgan fingerprint density at radius 1 is 1.47 bits per heavy atom. The molecule has 2 heterocycles. The lowest BCUT2D eigenvalue weighted by molar-refractivity contribution is -0.384. The van der Waals surface area contributed by atoms with Gasteiger partial charge in [0.15, 0.2) is 0 Å². The number of non-ortho nitro benzene ring substituents is 1. The molecule has 0 amide bonds. The molecule has 0 N–H and O–H groups in total. The summed E-state index contributed by atoms with van der Waals surface area (Å²) < 4.78 is 7.83. The molecule has 2 aromatic heterocycles. The molecule has 0 aliphatic heterocycles. The van der Waals surface area contributed by atoms with Crippen molar-refractivity contribution in [2.24, 2.45) is 7.05 Å². The Labute approximate surface area is 115 Å². The summed E-state index contributed by atoms with van der Waals surface area (Å²) in [5.74, 6) is 0. The van der Waals surface area contributed by atoms with Gasteiger partial charge in [-0.15, -0.1) is 0 Å². The Morgan fingerprint density at radius 3 is 2.89 bits per heavy atom. The Balaban J connectivity index is 2.39. The second kappa shape index (κ2) is 4.20. The zero-order valence-corrected chi connectivity index (χ0v) is 11.4. The van der Waals surface area contributed by atoms with Crippen LogP contribution in [-0.4, -0.2) is 14.7 Å². The van der Waals surface area contributed by atoms with Crippen molar-refractivity contribution in [3.05, 3.63) is 45.2 Å². The molecule has 0 aliphatic rings. The molecular weight excluding hydrogens is 314 g/mol. The van der Waals surface area contributed by atoms with E-state index in [1.54, 1.807) is 24.0 Å². The first-order chi connectivity index (χ1) is 9.08. The second-order valence-corrected chi connectivity index (χ2v) is 4.91. The van der Waals surface area contributed by atoms with E-state index in [1.165, 1.54) is 18.4 Å². The Bertz CT molecular complexity index is 771. The predicted molar refractivity (Wildman–Crippen MR) is 72.8 cm³/mol. The van der Waals surface area contributed by atoms with Gasteiger partial charge in [-0.3, -0.25) is 14.8 Å². The molecule has 3 rings (SSSR count). The third kappa shape index (κ3) is 1.82. The van der Waals surface area contributed by atoms with E-state index >= 15 is 0 Å². The van der Waals surface area contributed by atoms with Crippen LogP contribution < -0.4 is 0 Å². The number of nitro groups is 1. The summed E-state index contributed by atoms with van der Waals surface area (Å²) in [6.07, 6.45) is 3.16. The van der Waals surface area contributed by atoms with E-state index < -0.39 is 4.92 Å². The number of halogens is 1. The van der Waals surface area contributed by atoms with E-state index in [4.69, 9.17) is 4.42 Å². The molecule has 0 bridgehead atoms. The molecule has 0 saturated heterocycles. The number of benzene rings is 1. The number of hydrogen-bond acceptors (Lipinski definition) is 4. The van der Waals surface area contributed by atoms with E-state index in [0.717, 1.165) is 10.2 Å². The second-order valence-electron chi connectivity index (χ2n) is 4.05. The quantitative estimate of drug-likeness (QED) is 0.534. The maximum Gasteiger partial charge on any atom is 0.270 e. The fourth-order valence-electron chi connectivity index (χ4n) is 2.06. The highest BCUT2D eigenvalue weighted by Crippen LogP contribution is 2.36. The Morgan fingerprint density at radius 2 is 2.26 bits per heavy atom. The molecule has 19 heavy (non-hydrogen) atoms. The van der Waals surface area contributed by atoms with E-state index in [2.05, 4.69) is 21.0 Å². The van der Waals surface area contributed by atoms with E-state index in [-0.39, 0.29) is 5.69 Å². The monoisotopic (exact) mass is 321 g/mol. The van der Waals surface area contributed by atoms with Crippen LogP contribution in [0.5, 0.6) is 0 Å². The summed E-state index contributed by atoms with van der Waals surface area (Å²) in [5, 5.41) is 15.8. The molecule has 1 aromatic carbocycles. The topological polar surface area (TPSA) is 74.1 Å². The van der Waals surface area contributed by atoms with Crippen LogP contribution in [0.3, 0.4) is 0 Å². The summed E-state index contributed by atoms with van der Waals surface area (Å²) in [5.41, 5.74) is 2.01. The summed E-state index contributed by atoms with van der Waals surface area (Å²) >= 11 is 3.39. The van der Waals surface area contributed by atoms with E-state index in [1.807, 2.05) is 0 Å². The van der Waals surface area contributed by atoms with Gasteiger partial charge in [0.2, 0.25) is 0 Å². The molecule has 7 heteroatoms. The van der Waals surface area contributed by atoms with Crippen LogP contribution in [0.25, 0.3) is 22.2 Å². The van der Waals surface area contributed by atoms with Crippen molar-refractivity contribution in [1.82, 2.24) is 9.78 Å². The van der Waals surface area contributed by atoms with Crippen LogP contribution in [-0.2, 0) is 7.05 Å². The fraction of sp³-hybridized carbons (Fsp3) is 0.0833. The number of nitrogens with zero attached hydrogens (tertiary/aromatic N) is 3. The summed E-state index contributed by atoms with van der Waals surface area (Å²) in [7, 11) is 1.77. The normalized spacial score (nSPS) is 11.1. The summed E-state index contributed by atoms with van der Waals surface area (Å²) in [6.45, 7) is 0. The maximum atomic E-state index is 11.0. The Hall–Kier alpha value is -2.15. The number of fused-ring (bicyclic) bond motifs is 1. The summed E-state index contributed by atoms with van der Waals surface area (Å²) in [6, 6.07) is 4.69. The van der Waals surface area contributed by atoms with Crippen molar-refractivity contribution in [3.8, 4) is 11.3 Å². The maximum absolute atomic E-state index is 11.0. The minimum Gasteiger partial charge on any atom is -0.464 e. The van der Waals surface area contributed by atoms with Gasteiger partial charge in [0.25, 0.3) is 5.69 Å². The molecule has 0 fully saturated rings. The molecule has 96 valence electrons. The molecule has 0 unspecified atom stereocenters. The third-order valence-corrected chi connectivity index (χ3v) is 3.48. The number of aromatic nitrogens is 2. The molecule has 6 nitrogen and oxygen atoms in total. The molecule has 0 aliphatic carbocycles. The van der Waals surface area contributed by atoms with Gasteiger partial charge in [0.1, 0.15) is 5.58 Å². The zero-order chi connectivity index (χ0) is 13.6. The first kappa shape index (κ1) is 11.9. The van der Waals surface area contributed by atoms with Crippen molar-refractivity contribution in [2.45, 2.75) is 0 Å². The van der Waals surface area contributed by atoms with Crippen LogP contribution >= 0.6 is 15.9 Å².